The fraction of sp³-hybridized carbons (Fsp3) is 0.542. The Morgan fingerprint density at radius 1 is 1.13 bits per heavy atom. The number of carbonyl (C=O) groups excluding carboxylic acids is 2. The highest BCUT2D eigenvalue weighted by atomic mass is 16.5. The topological polar surface area (TPSA) is 83.0 Å². The van der Waals surface area contributed by atoms with Gasteiger partial charge in [-0.15, -0.1) is 0 Å². The average molecular weight is 423 g/mol. The van der Waals surface area contributed by atoms with E-state index in [1.807, 2.05) is 0 Å². The van der Waals surface area contributed by atoms with Crippen molar-refractivity contribution in [3.8, 4) is 5.75 Å². The maximum absolute atomic E-state index is 12.7. The second-order valence-corrected chi connectivity index (χ2v) is 8.90. The second-order valence-electron chi connectivity index (χ2n) is 8.90. The van der Waals surface area contributed by atoms with Crippen molar-refractivity contribution in [3.05, 3.63) is 41.5 Å². The number of benzene rings is 1. The Hall–Kier alpha value is -2.83. The van der Waals surface area contributed by atoms with Crippen molar-refractivity contribution in [2.45, 2.75) is 25.7 Å². The number of rotatable bonds is 7. The maximum atomic E-state index is 12.7. The highest BCUT2D eigenvalue weighted by molar-refractivity contribution is 6.06. The lowest BCUT2D eigenvalue weighted by atomic mass is 9.85. The molecule has 1 saturated heterocycles. The van der Waals surface area contributed by atoms with E-state index in [2.05, 4.69) is 46.0 Å². The van der Waals surface area contributed by atoms with Crippen molar-refractivity contribution in [2.24, 2.45) is 28.7 Å². The van der Waals surface area contributed by atoms with Gasteiger partial charge in [0.05, 0.1) is 18.4 Å². The molecule has 4 aliphatic rings. The van der Waals surface area contributed by atoms with Crippen molar-refractivity contribution >= 4 is 17.8 Å². The van der Waals surface area contributed by atoms with Gasteiger partial charge in [0, 0.05) is 33.1 Å². The number of allylic oxidation sites excluding steroid dienone is 2. The molecule has 7 heteroatoms. The summed E-state index contributed by atoms with van der Waals surface area (Å²) >= 11 is 0. The van der Waals surface area contributed by atoms with Crippen LogP contribution in [0.15, 0.2) is 35.3 Å². The van der Waals surface area contributed by atoms with Crippen LogP contribution >= 0.6 is 0 Å². The first-order chi connectivity index (χ1) is 15.2. The molecule has 4 atom stereocenters. The number of hydrogen-bond donors (Lipinski definition) is 2. The number of hydrogen-bond acceptors (Lipinski definition) is 4. The smallest absolute Gasteiger partial charge is 0.233 e. The van der Waals surface area contributed by atoms with Crippen LogP contribution in [0.5, 0.6) is 5.75 Å². The molecule has 2 bridgehead atoms. The molecule has 2 amide bonds. The molecule has 31 heavy (non-hydrogen) atoms. The Balaban J connectivity index is 1.04. The van der Waals surface area contributed by atoms with Crippen molar-refractivity contribution < 1.29 is 14.3 Å². The van der Waals surface area contributed by atoms with E-state index >= 15 is 0 Å². The fourth-order valence-electron chi connectivity index (χ4n) is 5.57. The van der Waals surface area contributed by atoms with E-state index in [0.717, 1.165) is 44.1 Å². The molecule has 1 saturated carbocycles. The summed E-state index contributed by atoms with van der Waals surface area (Å²) in [6.07, 6.45) is 7.85. The van der Waals surface area contributed by atoms with Crippen LogP contribution in [-0.4, -0.2) is 56.0 Å². The largest absolute Gasteiger partial charge is 0.493 e. The van der Waals surface area contributed by atoms with Crippen molar-refractivity contribution in [1.82, 2.24) is 15.5 Å². The Kier molecular flexibility index (Phi) is 5.42. The highest BCUT2D eigenvalue weighted by Crippen LogP contribution is 2.52. The first-order valence-electron chi connectivity index (χ1n) is 11.4. The third kappa shape index (κ3) is 3.70. The molecule has 2 N–H and O–H groups in total. The van der Waals surface area contributed by atoms with Gasteiger partial charge in [0.15, 0.2) is 5.96 Å². The number of aliphatic imine (C=N–C) groups is 1. The number of nitrogens with one attached hydrogen (secondary N) is 2. The van der Waals surface area contributed by atoms with Crippen LogP contribution in [-0.2, 0) is 22.4 Å². The SMILES string of the molecule is CN=C(NCCCN1C(=O)C2C3C=CC(C3)C2C1=O)NCCc1ccc2c(c1)CCO2. The first-order valence-corrected chi connectivity index (χ1v) is 11.4. The van der Waals surface area contributed by atoms with E-state index in [1.54, 1.807) is 7.05 Å². The average Bonchev–Trinajstić information content (AvgIpc) is 3.55. The molecule has 4 unspecified atom stereocenters. The van der Waals surface area contributed by atoms with Crippen LogP contribution in [0.1, 0.15) is 24.0 Å². The number of likely N-dealkylation sites (tertiary alicyclic amines) is 1. The number of imide groups is 1. The predicted octanol–water partition coefficient (Wildman–Crippen LogP) is 1.53. The molecular formula is C24H30N4O3. The van der Waals surface area contributed by atoms with Crippen LogP contribution in [0, 0.1) is 23.7 Å². The third-order valence-electron chi connectivity index (χ3n) is 7.10. The third-order valence-corrected chi connectivity index (χ3v) is 7.10. The summed E-state index contributed by atoms with van der Waals surface area (Å²) in [5.74, 6) is 2.17. The zero-order valence-electron chi connectivity index (χ0n) is 18.0. The minimum Gasteiger partial charge on any atom is -0.493 e. The Bertz CT molecular complexity index is 911. The first kappa shape index (κ1) is 20.1. The molecular weight excluding hydrogens is 392 g/mol. The highest BCUT2D eigenvalue weighted by Gasteiger charge is 2.58. The molecule has 2 heterocycles. The van der Waals surface area contributed by atoms with Gasteiger partial charge in [-0.2, -0.15) is 0 Å². The Labute approximate surface area is 182 Å². The van der Waals surface area contributed by atoms with Gasteiger partial charge in [-0.05, 0) is 48.3 Å². The maximum Gasteiger partial charge on any atom is 0.233 e. The zero-order valence-corrected chi connectivity index (χ0v) is 18.0. The molecule has 2 fully saturated rings. The minimum absolute atomic E-state index is 0.0362. The summed E-state index contributed by atoms with van der Waals surface area (Å²) in [4.78, 5) is 31.2. The number of ether oxygens (including phenoxy) is 1. The monoisotopic (exact) mass is 422 g/mol. The lowest BCUT2D eigenvalue weighted by Gasteiger charge is -2.18. The zero-order chi connectivity index (χ0) is 21.4. The molecule has 7 nitrogen and oxygen atoms in total. The molecule has 2 aliphatic heterocycles. The van der Waals surface area contributed by atoms with E-state index < -0.39 is 0 Å². The van der Waals surface area contributed by atoms with Crippen LogP contribution in [0.3, 0.4) is 0 Å². The van der Waals surface area contributed by atoms with E-state index in [1.165, 1.54) is 16.0 Å². The van der Waals surface area contributed by atoms with E-state index in [4.69, 9.17) is 4.74 Å². The Morgan fingerprint density at radius 3 is 2.61 bits per heavy atom. The van der Waals surface area contributed by atoms with Crippen molar-refractivity contribution in [3.63, 3.8) is 0 Å². The lowest BCUT2D eigenvalue weighted by Crippen LogP contribution is -2.40. The van der Waals surface area contributed by atoms with E-state index in [0.29, 0.717) is 19.5 Å². The van der Waals surface area contributed by atoms with Gasteiger partial charge in [0.1, 0.15) is 5.75 Å². The Morgan fingerprint density at radius 2 is 1.87 bits per heavy atom. The molecule has 1 aromatic carbocycles. The minimum atomic E-state index is -0.101. The van der Waals surface area contributed by atoms with E-state index in [-0.39, 0.29) is 35.5 Å². The van der Waals surface area contributed by atoms with Crippen LogP contribution in [0.4, 0.5) is 0 Å². The molecule has 0 spiro atoms. The summed E-state index contributed by atoms with van der Waals surface area (Å²) in [7, 11) is 1.75. The fourth-order valence-corrected chi connectivity index (χ4v) is 5.57. The number of carbonyl (C=O) groups is 2. The molecule has 0 radical (unpaired) electrons. The van der Waals surface area contributed by atoms with Gasteiger partial charge in [0.2, 0.25) is 11.8 Å². The van der Waals surface area contributed by atoms with Crippen LogP contribution < -0.4 is 15.4 Å². The van der Waals surface area contributed by atoms with Crippen LogP contribution in [0.2, 0.25) is 0 Å². The van der Waals surface area contributed by atoms with Gasteiger partial charge >= 0.3 is 0 Å². The number of amides is 2. The summed E-state index contributed by atoms with van der Waals surface area (Å²) in [6, 6.07) is 6.39. The van der Waals surface area contributed by atoms with Gasteiger partial charge in [-0.25, -0.2) is 0 Å². The second kappa shape index (κ2) is 8.36. The number of guanidine groups is 1. The summed E-state index contributed by atoms with van der Waals surface area (Å²) in [5, 5.41) is 6.62. The van der Waals surface area contributed by atoms with Gasteiger partial charge in [-0.1, -0.05) is 24.3 Å². The van der Waals surface area contributed by atoms with Crippen LogP contribution in [0.25, 0.3) is 0 Å². The normalized spacial score (nSPS) is 28.2. The molecule has 1 aromatic rings. The summed E-state index contributed by atoms with van der Waals surface area (Å²) in [6.45, 7) is 2.70. The molecule has 164 valence electrons. The molecule has 0 aromatic heterocycles. The molecule has 5 rings (SSSR count). The number of nitrogens with zero attached hydrogens (tertiary/aromatic N) is 2. The standard InChI is InChI=1S/C24H30N4O3/c1-25-24(27-10-7-15-3-6-19-16(13-15)8-12-31-19)26-9-2-11-28-22(29)20-17-4-5-18(14-17)21(20)23(28)30/h3-6,13,17-18,20-21H,2,7-12,14H2,1H3,(H2,25,26,27). The predicted molar refractivity (Wildman–Crippen MR) is 118 cm³/mol. The van der Waals surface area contributed by atoms with Gasteiger partial charge in [-0.3, -0.25) is 19.5 Å². The number of fused-ring (bicyclic) bond motifs is 6. The van der Waals surface area contributed by atoms with Gasteiger partial charge < -0.3 is 15.4 Å². The lowest BCUT2D eigenvalue weighted by molar-refractivity contribution is -0.140. The van der Waals surface area contributed by atoms with Gasteiger partial charge in [0.25, 0.3) is 0 Å². The van der Waals surface area contributed by atoms with E-state index in [9.17, 15) is 9.59 Å². The van der Waals surface area contributed by atoms with Crippen molar-refractivity contribution in [1.29, 1.82) is 0 Å². The quantitative estimate of drug-likeness (QED) is 0.229. The summed E-state index contributed by atoms with van der Waals surface area (Å²) in [5.41, 5.74) is 2.58. The van der Waals surface area contributed by atoms with Crippen molar-refractivity contribution in [2.75, 3.05) is 33.3 Å². The molecule has 2 aliphatic carbocycles. The summed E-state index contributed by atoms with van der Waals surface area (Å²) < 4.78 is 5.56.